The topological polar surface area (TPSA) is 132 Å². The number of anilines is 1. The van der Waals surface area contributed by atoms with E-state index < -0.39 is 21.8 Å². The molecule has 1 fully saturated rings. The van der Waals surface area contributed by atoms with E-state index in [1.165, 1.54) is 25.3 Å². The summed E-state index contributed by atoms with van der Waals surface area (Å²) in [4.78, 5) is 29.3. The molecule has 0 radical (unpaired) electrons. The maximum atomic E-state index is 12.8. The quantitative estimate of drug-likeness (QED) is 0.535. The molecule has 4 rings (SSSR count). The second-order valence-corrected chi connectivity index (χ2v) is 8.87. The number of ether oxygens (including phenoxy) is 1. The highest BCUT2D eigenvalue weighted by atomic mass is 32.2. The number of carbonyl (C=O) groups is 2. The molecule has 1 aromatic heterocycles. The number of nitrogens with zero attached hydrogens (tertiary/aromatic N) is 3. The van der Waals surface area contributed by atoms with E-state index in [2.05, 4.69) is 14.9 Å². The van der Waals surface area contributed by atoms with Gasteiger partial charge in [0.05, 0.1) is 24.2 Å². The zero-order chi connectivity index (χ0) is 22.9. The largest absolute Gasteiger partial charge is 0.495 e. The predicted octanol–water partition coefficient (Wildman–Crippen LogP) is 2.19. The Hall–Kier alpha value is -3.57. The molecule has 166 valence electrons. The van der Waals surface area contributed by atoms with Gasteiger partial charge in [0.25, 0.3) is 0 Å². The average molecular weight is 456 g/mol. The molecule has 0 atom stereocenters. The van der Waals surface area contributed by atoms with E-state index in [4.69, 9.17) is 9.26 Å². The SMILES string of the molecule is COc1ccc(S(=O)(=O)NCc2nc(-c3ccccc3C)no2)cc1N1C(=O)CCC1=O. The number of sulfonamides is 1. The van der Waals surface area contributed by atoms with Crippen molar-refractivity contribution in [2.24, 2.45) is 0 Å². The average Bonchev–Trinajstić information content (AvgIpc) is 3.38. The van der Waals surface area contributed by atoms with Crippen LogP contribution < -0.4 is 14.4 Å². The Labute approximate surface area is 184 Å². The minimum absolute atomic E-state index is 0.0671. The minimum Gasteiger partial charge on any atom is -0.495 e. The van der Waals surface area contributed by atoms with Crippen LogP contribution in [0, 0.1) is 6.92 Å². The molecule has 2 amide bonds. The van der Waals surface area contributed by atoms with Gasteiger partial charge in [-0.15, -0.1) is 0 Å². The third-order valence-corrected chi connectivity index (χ3v) is 6.42. The summed E-state index contributed by atoms with van der Waals surface area (Å²) < 4.78 is 38.4. The number of aromatic nitrogens is 2. The third kappa shape index (κ3) is 4.12. The molecule has 0 saturated carbocycles. The standard InChI is InChI=1S/C21H20N4O6S/c1-13-5-3-4-6-15(13)21-23-18(31-24-21)12-22-32(28,29)14-7-8-17(30-2)16(11-14)25-19(26)9-10-20(25)27/h3-8,11,22H,9-10,12H2,1-2H3. The predicted molar refractivity (Wildman–Crippen MR) is 113 cm³/mol. The van der Waals surface area contributed by atoms with Crippen LogP contribution in [0.15, 0.2) is 51.9 Å². The fourth-order valence-electron chi connectivity index (χ4n) is 3.36. The van der Waals surface area contributed by atoms with E-state index in [1.807, 2.05) is 31.2 Å². The highest BCUT2D eigenvalue weighted by Gasteiger charge is 2.33. The Kier molecular flexibility index (Phi) is 5.76. The Morgan fingerprint density at radius 1 is 1.12 bits per heavy atom. The van der Waals surface area contributed by atoms with Gasteiger partial charge < -0.3 is 9.26 Å². The second kappa shape index (κ2) is 8.52. The summed E-state index contributed by atoms with van der Waals surface area (Å²) in [5.41, 5.74) is 1.82. The molecule has 11 heteroatoms. The number of rotatable bonds is 7. The van der Waals surface area contributed by atoms with Crippen molar-refractivity contribution in [3.8, 4) is 17.1 Å². The van der Waals surface area contributed by atoms with Crippen molar-refractivity contribution in [3.63, 3.8) is 0 Å². The van der Waals surface area contributed by atoms with Gasteiger partial charge in [-0.05, 0) is 30.7 Å². The molecular formula is C21H20N4O6S. The lowest BCUT2D eigenvalue weighted by atomic mass is 10.1. The fourth-order valence-corrected chi connectivity index (χ4v) is 4.35. The summed E-state index contributed by atoms with van der Waals surface area (Å²) in [6, 6.07) is 11.4. The van der Waals surface area contributed by atoms with Crippen LogP contribution in [0.4, 0.5) is 5.69 Å². The molecule has 0 unspecified atom stereocenters. The Morgan fingerprint density at radius 3 is 2.53 bits per heavy atom. The van der Waals surface area contributed by atoms with Gasteiger partial charge in [0.2, 0.25) is 33.6 Å². The van der Waals surface area contributed by atoms with Gasteiger partial charge in [-0.2, -0.15) is 4.98 Å². The monoisotopic (exact) mass is 456 g/mol. The van der Waals surface area contributed by atoms with E-state index in [0.717, 1.165) is 16.0 Å². The summed E-state index contributed by atoms with van der Waals surface area (Å²) in [5.74, 6) is -0.163. The molecule has 1 saturated heterocycles. The Bertz CT molecular complexity index is 1290. The van der Waals surface area contributed by atoms with Crippen LogP contribution in [-0.4, -0.2) is 37.5 Å². The summed E-state index contributed by atoms with van der Waals surface area (Å²) in [6.07, 6.45) is 0.134. The first-order valence-electron chi connectivity index (χ1n) is 9.72. The molecule has 32 heavy (non-hydrogen) atoms. The molecule has 0 bridgehead atoms. The van der Waals surface area contributed by atoms with Crippen molar-refractivity contribution in [2.75, 3.05) is 12.0 Å². The number of hydrogen-bond donors (Lipinski definition) is 1. The molecule has 1 aliphatic heterocycles. The molecule has 2 aromatic carbocycles. The number of benzene rings is 2. The van der Waals surface area contributed by atoms with Crippen molar-refractivity contribution >= 4 is 27.5 Å². The molecule has 3 aromatic rings. The van der Waals surface area contributed by atoms with Crippen molar-refractivity contribution in [1.29, 1.82) is 0 Å². The number of hydrogen-bond acceptors (Lipinski definition) is 8. The van der Waals surface area contributed by atoms with Crippen LogP contribution in [0.25, 0.3) is 11.4 Å². The number of nitrogens with one attached hydrogen (secondary N) is 1. The zero-order valence-electron chi connectivity index (χ0n) is 17.4. The highest BCUT2D eigenvalue weighted by Crippen LogP contribution is 2.34. The lowest BCUT2D eigenvalue weighted by Gasteiger charge is -2.18. The normalized spacial score (nSPS) is 14.2. The third-order valence-electron chi connectivity index (χ3n) is 5.02. The maximum Gasteiger partial charge on any atom is 0.242 e. The van der Waals surface area contributed by atoms with E-state index in [-0.39, 0.29) is 41.6 Å². The van der Waals surface area contributed by atoms with E-state index in [9.17, 15) is 18.0 Å². The minimum atomic E-state index is -4.02. The molecule has 0 aliphatic carbocycles. The summed E-state index contributed by atoms with van der Waals surface area (Å²) >= 11 is 0. The molecule has 1 N–H and O–H groups in total. The van der Waals surface area contributed by atoms with E-state index in [0.29, 0.717) is 5.82 Å². The van der Waals surface area contributed by atoms with Crippen LogP contribution >= 0.6 is 0 Å². The summed E-state index contributed by atoms with van der Waals surface area (Å²) in [7, 11) is -2.64. The first-order chi connectivity index (χ1) is 15.3. The van der Waals surface area contributed by atoms with Gasteiger partial charge >= 0.3 is 0 Å². The number of amides is 2. The molecular weight excluding hydrogens is 436 g/mol. The van der Waals surface area contributed by atoms with E-state index in [1.54, 1.807) is 0 Å². The van der Waals surface area contributed by atoms with Gasteiger partial charge in [-0.3, -0.25) is 9.59 Å². The molecule has 10 nitrogen and oxygen atoms in total. The van der Waals surface area contributed by atoms with E-state index >= 15 is 0 Å². The van der Waals surface area contributed by atoms with Crippen molar-refractivity contribution < 1.29 is 27.3 Å². The van der Waals surface area contributed by atoms with Crippen molar-refractivity contribution in [2.45, 2.75) is 31.2 Å². The number of methoxy groups -OCH3 is 1. The lowest BCUT2D eigenvalue weighted by molar-refractivity contribution is -0.121. The lowest BCUT2D eigenvalue weighted by Crippen LogP contribution is -2.29. The van der Waals surface area contributed by atoms with Crippen LogP contribution in [-0.2, 0) is 26.2 Å². The zero-order valence-corrected chi connectivity index (χ0v) is 18.2. The van der Waals surface area contributed by atoms with Crippen LogP contribution in [0.1, 0.15) is 24.3 Å². The summed E-state index contributed by atoms with van der Waals surface area (Å²) in [5, 5.41) is 3.91. The van der Waals surface area contributed by atoms with Crippen molar-refractivity contribution in [3.05, 3.63) is 53.9 Å². The van der Waals surface area contributed by atoms with Crippen molar-refractivity contribution in [1.82, 2.24) is 14.9 Å². The smallest absolute Gasteiger partial charge is 0.242 e. The van der Waals surface area contributed by atoms with Gasteiger partial charge in [0.1, 0.15) is 5.75 Å². The Balaban J connectivity index is 1.56. The fraction of sp³-hybridized carbons (Fsp3) is 0.238. The first kappa shape index (κ1) is 21.7. The van der Waals surface area contributed by atoms with Crippen LogP contribution in [0.3, 0.4) is 0 Å². The first-order valence-corrected chi connectivity index (χ1v) is 11.2. The molecule has 2 heterocycles. The number of imide groups is 1. The van der Waals surface area contributed by atoms with Gasteiger partial charge in [-0.1, -0.05) is 29.4 Å². The molecule has 1 aliphatic rings. The number of aryl methyl sites for hydroxylation is 1. The highest BCUT2D eigenvalue weighted by molar-refractivity contribution is 7.89. The van der Waals surface area contributed by atoms with Gasteiger partial charge in [0.15, 0.2) is 0 Å². The Morgan fingerprint density at radius 2 is 1.84 bits per heavy atom. The van der Waals surface area contributed by atoms with Crippen LogP contribution in [0.5, 0.6) is 5.75 Å². The number of carbonyl (C=O) groups excluding carboxylic acids is 2. The maximum absolute atomic E-state index is 12.8. The van der Waals surface area contributed by atoms with Gasteiger partial charge in [0, 0.05) is 18.4 Å². The summed E-state index contributed by atoms with van der Waals surface area (Å²) in [6.45, 7) is 1.68. The molecule has 0 spiro atoms. The second-order valence-electron chi connectivity index (χ2n) is 7.11. The van der Waals surface area contributed by atoms with Crippen LogP contribution in [0.2, 0.25) is 0 Å². The van der Waals surface area contributed by atoms with Gasteiger partial charge in [-0.25, -0.2) is 18.0 Å².